The van der Waals surface area contributed by atoms with E-state index in [2.05, 4.69) is 0 Å². The molecular weight excluding hydrogens is 203 g/mol. The van der Waals surface area contributed by atoms with Crippen LogP contribution in [0.1, 0.15) is 26.7 Å². The van der Waals surface area contributed by atoms with Crippen molar-refractivity contribution in [2.24, 2.45) is 0 Å². The molecule has 0 aliphatic heterocycles. The number of unbranched alkanes of at least 4 members (excludes halogenated alkanes) is 1. The van der Waals surface area contributed by atoms with Gasteiger partial charge in [-0.25, -0.2) is 0 Å². The Kier molecular flexibility index (Phi) is 7.67. The molecule has 82 valence electrons. The maximum atomic E-state index is 11.8. The molecule has 0 aliphatic carbocycles. The summed E-state index contributed by atoms with van der Waals surface area (Å²) in [6.45, 7) is 4.19. The predicted octanol–water partition coefficient (Wildman–Crippen LogP) is 2.75. The average molecular weight is 220 g/mol. The highest BCUT2D eigenvalue weighted by Crippen LogP contribution is 2.49. The van der Waals surface area contributed by atoms with Crippen molar-refractivity contribution in [1.29, 1.82) is 0 Å². The molecule has 0 N–H and O–H groups in total. The molecule has 0 spiro atoms. The van der Waals surface area contributed by atoms with Gasteiger partial charge in [-0.2, -0.15) is 0 Å². The minimum atomic E-state index is -3.06. The fourth-order valence-corrected chi connectivity index (χ4v) is 2.22. The van der Waals surface area contributed by atoms with E-state index in [9.17, 15) is 9.36 Å². The zero-order valence-electron chi connectivity index (χ0n) is 8.64. The first-order valence-electron chi connectivity index (χ1n) is 4.68. The predicted molar refractivity (Wildman–Crippen MR) is 55.3 cm³/mol. The largest absolute Gasteiger partial charge is 0.353 e. The van der Waals surface area contributed by atoms with Crippen molar-refractivity contribution in [3.05, 3.63) is 11.9 Å². The fraction of sp³-hybridized carbons (Fsp3) is 0.667. The molecule has 0 amide bonds. The monoisotopic (exact) mass is 220 g/mol. The first kappa shape index (κ1) is 13.6. The normalized spacial score (nSPS) is 12.1. The molecule has 5 heteroatoms. The first-order chi connectivity index (χ1) is 6.68. The standard InChI is InChI=1S/C9H17O4P/c1-3-12-14(11,13-4-2)9-7-5-6-8-10/h7-9H,3-6H2,1-2H3. The summed E-state index contributed by atoms with van der Waals surface area (Å²) in [7, 11) is -3.06. The Morgan fingerprint density at radius 1 is 1.14 bits per heavy atom. The van der Waals surface area contributed by atoms with E-state index in [1.807, 2.05) is 0 Å². The second-order valence-corrected chi connectivity index (χ2v) is 4.40. The van der Waals surface area contributed by atoms with Crippen LogP contribution < -0.4 is 0 Å². The molecule has 0 aromatic heterocycles. The minimum absolute atomic E-state index is 0.343. The summed E-state index contributed by atoms with van der Waals surface area (Å²) >= 11 is 0. The summed E-state index contributed by atoms with van der Waals surface area (Å²) in [6, 6.07) is 0. The van der Waals surface area contributed by atoms with Gasteiger partial charge in [0.1, 0.15) is 6.29 Å². The van der Waals surface area contributed by atoms with Gasteiger partial charge < -0.3 is 13.8 Å². The molecule has 14 heavy (non-hydrogen) atoms. The SMILES string of the molecule is CCOP(=O)(C=CCCC=O)OCC. The number of allylic oxidation sites excluding steroid dienone is 1. The second-order valence-electron chi connectivity index (χ2n) is 2.50. The Balaban J connectivity index is 4.13. The first-order valence-corrected chi connectivity index (χ1v) is 6.29. The van der Waals surface area contributed by atoms with Crippen molar-refractivity contribution in [3.8, 4) is 0 Å². The third kappa shape index (κ3) is 6.08. The molecule has 0 rings (SSSR count). The summed E-state index contributed by atoms with van der Waals surface area (Å²) in [5.74, 6) is 1.42. The summed E-state index contributed by atoms with van der Waals surface area (Å²) < 4.78 is 21.8. The fourth-order valence-electron chi connectivity index (χ4n) is 0.851. The molecule has 0 atom stereocenters. The van der Waals surface area contributed by atoms with E-state index in [0.717, 1.165) is 6.29 Å². The van der Waals surface area contributed by atoms with Crippen molar-refractivity contribution < 1.29 is 18.4 Å². The zero-order chi connectivity index (χ0) is 10.9. The molecule has 0 saturated heterocycles. The highest BCUT2D eigenvalue weighted by molar-refractivity contribution is 7.57. The van der Waals surface area contributed by atoms with Gasteiger partial charge in [0.25, 0.3) is 0 Å². The van der Waals surface area contributed by atoms with Gasteiger partial charge in [0.15, 0.2) is 0 Å². The smallest absolute Gasteiger partial charge is 0.306 e. The van der Waals surface area contributed by atoms with Gasteiger partial charge in [-0.3, -0.25) is 4.57 Å². The van der Waals surface area contributed by atoms with E-state index in [-0.39, 0.29) is 0 Å². The summed E-state index contributed by atoms with van der Waals surface area (Å²) in [6.07, 6.45) is 3.46. The van der Waals surface area contributed by atoms with Crippen molar-refractivity contribution in [1.82, 2.24) is 0 Å². The molecule has 0 saturated carbocycles. The lowest BCUT2D eigenvalue weighted by molar-refractivity contribution is -0.107. The van der Waals surface area contributed by atoms with Crippen LogP contribution >= 0.6 is 7.60 Å². The molecule has 0 radical (unpaired) electrons. The van der Waals surface area contributed by atoms with E-state index in [1.165, 1.54) is 5.82 Å². The minimum Gasteiger partial charge on any atom is -0.306 e. The summed E-state index contributed by atoms with van der Waals surface area (Å²) in [5.41, 5.74) is 0. The maximum Gasteiger partial charge on any atom is 0.353 e. The lowest BCUT2D eigenvalue weighted by Crippen LogP contribution is -1.92. The van der Waals surface area contributed by atoms with Gasteiger partial charge in [0, 0.05) is 12.2 Å². The van der Waals surface area contributed by atoms with Gasteiger partial charge in [0.05, 0.1) is 13.2 Å². The van der Waals surface area contributed by atoms with Crippen molar-refractivity contribution in [2.75, 3.05) is 13.2 Å². The van der Waals surface area contributed by atoms with Gasteiger partial charge >= 0.3 is 7.60 Å². The molecule has 0 aromatic rings. The number of hydrogen-bond donors (Lipinski definition) is 0. The molecule has 0 heterocycles. The molecule has 0 bridgehead atoms. The number of carbonyl (C=O) groups is 1. The molecule has 0 aromatic carbocycles. The second kappa shape index (κ2) is 7.92. The van der Waals surface area contributed by atoms with Gasteiger partial charge in [0.2, 0.25) is 0 Å². The van der Waals surface area contributed by atoms with E-state index < -0.39 is 7.60 Å². The summed E-state index contributed by atoms with van der Waals surface area (Å²) in [4.78, 5) is 10.0. The van der Waals surface area contributed by atoms with Crippen LogP contribution in [0.5, 0.6) is 0 Å². The number of carbonyl (C=O) groups excluding carboxylic acids is 1. The Bertz CT molecular complexity index is 215. The average Bonchev–Trinajstić information content (AvgIpc) is 2.13. The van der Waals surface area contributed by atoms with E-state index in [4.69, 9.17) is 9.05 Å². The Morgan fingerprint density at radius 3 is 2.14 bits per heavy atom. The molecule has 0 aliphatic rings. The number of rotatable bonds is 8. The van der Waals surface area contributed by atoms with Gasteiger partial charge in [-0.05, 0) is 20.3 Å². The third-order valence-electron chi connectivity index (χ3n) is 1.36. The van der Waals surface area contributed by atoms with Crippen LogP contribution in [0.15, 0.2) is 11.9 Å². The van der Waals surface area contributed by atoms with Crippen LogP contribution in [-0.2, 0) is 18.4 Å². The number of aldehydes is 1. The molecule has 0 unspecified atom stereocenters. The van der Waals surface area contributed by atoms with Crippen molar-refractivity contribution in [3.63, 3.8) is 0 Å². The number of hydrogen-bond acceptors (Lipinski definition) is 4. The van der Waals surface area contributed by atoms with E-state index in [1.54, 1.807) is 19.9 Å². The zero-order valence-corrected chi connectivity index (χ0v) is 9.54. The van der Waals surface area contributed by atoms with Gasteiger partial charge in [-0.1, -0.05) is 6.08 Å². The lowest BCUT2D eigenvalue weighted by Gasteiger charge is -2.12. The van der Waals surface area contributed by atoms with E-state index in [0.29, 0.717) is 26.1 Å². The van der Waals surface area contributed by atoms with Crippen molar-refractivity contribution >= 4 is 13.9 Å². The molecular formula is C9H17O4P. The third-order valence-corrected chi connectivity index (χ3v) is 3.17. The van der Waals surface area contributed by atoms with Gasteiger partial charge in [-0.15, -0.1) is 0 Å². The molecule has 0 fully saturated rings. The molecule has 4 nitrogen and oxygen atoms in total. The topological polar surface area (TPSA) is 52.6 Å². The van der Waals surface area contributed by atoms with E-state index >= 15 is 0 Å². The van der Waals surface area contributed by atoms with Crippen LogP contribution in [0, 0.1) is 0 Å². The van der Waals surface area contributed by atoms with Crippen LogP contribution in [0.2, 0.25) is 0 Å². The highest BCUT2D eigenvalue weighted by Gasteiger charge is 2.18. The van der Waals surface area contributed by atoms with Crippen LogP contribution in [0.25, 0.3) is 0 Å². The maximum absolute atomic E-state index is 11.8. The summed E-state index contributed by atoms with van der Waals surface area (Å²) in [5, 5.41) is 0. The Hall–Kier alpha value is -0.440. The van der Waals surface area contributed by atoms with Crippen molar-refractivity contribution in [2.45, 2.75) is 26.7 Å². The van der Waals surface area contributed by atoms with Crippen LogP contribution in [0.4, 0.5) is 0 Å². The highest BCUT2D eigenvalue weighted by atomic mass is 31.2. The lowest BCUT2D eigenvalue weighted by atomic mass is 10.3. The van der Waals surface area contributed by atoms with Crippen LogP contribution in [0.3, 0.4) is 0 Å². The Labute approximate surface area is 84.8 Å². The Morgan fingerprint density at radius 2 is 1.71 bits per heavy atom. The quantitative estimate of drug-likeness (QED) is 0.358. The van der Waals surface area contributed by atoms with Crippen LogP contribution in [-0.4, -0.2) is 19.5 Å².